The molecule has 8 fully saturated rings. The Bertz CT molecular complexity index is 1660. The Labute approximate surface area is 368 Å². The van der Waals surface area contributed by atoms with Crippen molar-refractivity contribution in [3.8, 4) is 0 Å². The van der Waals surface area contributed by atoms with Gasteiger partial charge in [0.05, 0.1) is 37.4 Å². The van der Waals surface area contributed by atoms with E-state index in [1.54, 1.807) is 0 Å². The molecule has 8 rings (SSSR count). The summed E-state index contributed by atoms with van der Waals surface area (Å²) in [6.07, 6.45) is -25.8. The van der Waals surface area contributed by atoms with Gasteiger partial charge in [0.25, 0.3) is 0 Å². The van der Waals surface area contributed by atoms with E-state index in [0.29, 0.717) is 51.4 Å². The third kappa shape index (κ3) is 8.29. The van der Waals surface area contributed by atoms with E-state index in [1.807, 2.05) is 6.92 Å². The molecule has 4 heterocycles. The normalized spacial score (nSPS) is 54.2. The Kier molecular flexibility index (Phi) is 14.3. The minimum Gasteiger partial charge on any atom is -0.432 e. The summed E-state index contributed by atoms with van der Waals surface area (Å²) >= 11 is 0. The van der Waals surface area contributed by atoms with Crippen molar-refractivity contribution in [2.24, 2.45) is 28.6 Å². The fraction of sp³-hybridized carbons (Fsp3) is 0.929. The lowest BCUT2D eigenvalue weighted by Crippen LogP contribution is -2.67. The molecule has 0 radical (unpaired) electrons. The molecule has 4 saturated heterocycles. The van der Waals surface area contributed by atoms with Gasteiger partial charge in [0.1, 0.15) is 91.6 Å². The molecule has 22 nitrogen and oxygen atoms in total. The van der Waals surface area contributed by atoms with Crippen LogP contribution in [0.25, 0.3) is 0 Å². The average molecular weight is 923 g/mol. The number of hydrogen-bond donors (Lipinski definition) is 13. The van der Waals surface area contributed by atoms with Crippen LogP contribution in [-0.2, 0) is 42.7 Å². The first kappa shape index (κ1) is 48.9. The number of carbonyl (C=O) groups excluding carboxylic acids is 1. The van der Waals surface area contributed by atoms with Crippen LogP contribution in [0.15, 0.2) is 12.2 Å². The largest absolute Gasteiger partial charge is 0.432 e. The smallest absolute Gasteiger partial charge is 0.314 e. The number of esters is 1. The Morgan fingerprint density at radius 2 is 1.20 bits per heavy atom. The second-order valence-electron chi connectivity index (χ2n) is 19.7. The minimum absolute atomic E-state index is 0.0673. The number of aliphatic hydroxyl groups excluding tert-OH is 13. The molecule has 0 aromatic rings. The van der Waals surface area contributed by atoms with Gasteiger partial charge in [0.2, 0.25) is 6.29 Å². The highest BCUT2D eigenvalue weighted by molar-refractivity contribution is 5.77. The van der Waals surface area contributed by atoms with Crippen LogP contribution in [0.2, 0.25) is 0 Å². The minimum atomic E-state index is -1.91. The van der Waals surface area contributed by atoms with Crippen molar-refractivity contribution in [1.29, 1.82) is 0 Å². The molecule has 0 unspecified atom stereocenters. The van der Waals surface area contributed by atoms with Crippen LogP contribution in [0.3, 0.4) is 0 Å². The van der Waals surface area contributed by atoms with Crippen molar-refractivity contribution >= 4 is 5.97 Å². The molecule has 1 spiro atoms. The van der Waals surface area contributed by atoms with E-state index in [-0.39, 0.29) is 23.2 Å². The van der Waals surface area contributed by atoms with Crippen molar-refractivity contribution in [3.05, 3.63) is 12.2 Å². The van der Waals surface area contributed by atoms with E-state index in [1.165, 1.54) is 0 Å². The Hall–Kier alpha value is -1.59. The summed E-state index contributed by atoms with van der Waals surface area (Å²) in [6, 6.07) is 0. The lowest BCUT2D eigenvalue weighted by molar-refractivity contribution is -0.395. The fourth-order valence-corrected chi connectivity index (χ4v) is 12.5. The average Bonchev–Trinajstić information content (AvgIpc) is 3.48. The number of carbonyl (C=O) groups is 1. The summed E-state index contributed by atoms with van der Waals surface area (Å²) in [5, 5.41) is 136. The van der Waals surface area contributed by atoms with Crippen LogP contribution in [0.5, 0.6) is 0 Å². The number of ether oxygens (including phenoxy) is 8. The zero-order valence-corrected chi connectivity index (χ0v) is 35.6. The highest BCUT2D eigenvalue weighted by Gasteiger charge is 2.66. The molecular weight excluding hydrogens is 856 g/mol. The van der Waals surface area contributed by atoms with Gasteiger partial charge in [-0.1, -0.05) is 13.0 Å². The van der Waals surface area contributed by atoms with Crippen molar-refractivity contribution in [2.75, 3.05) is 26.4 Å². The van der Waals surface area contributed by atoms with Gasteiger partial charge in [-0.2, -0.15) is 0 Å². The lowest BCUT2D eigenvalue weighted by Gasteiger charge is -2.59. The van der Waals surface area contributed by atoms with Crippen molar-refractivity contribution in [2.45, 2.75) is 187 Å². The first-order valence-electron chi connectivity index (χ1n) is 22.4. The molecule has 25 atom stereocenters. The Morgan fingerprint density at radius 3 is 1.86 bits per heavy atom. The number of fused-ring (bicyclic) bond motifs is 3. The molecule has 4 aliphatic heterocycles. The highest BCUT2D eigenvalue weighted by atomic mass is 16.8. The van der Waals surface area contributed by atoms with Gasteiger partial charge in [-0.05, 0) is 87.0 Å². The van der Waals surface area contributed by atoms with E-state index in [9.17, 15) is 71.2 Å². The second-order valence-corrected chi connectivity index (χ2v) is 19.7. The van der Waals surface area contributed by atoms with Gasteiger partial charge in [-0.3, -0.25) is 4.79 Å². The van der Waals surface area contributed by atoms with Gasteiger partial charge in [-0.25, -0.2) is 0 Å². The van der Waals surface area contributed by atoms with Gasteiger partial charge < -0.3 is 104 Å². The first-order chi connectivity index (χ1) is 30.3. The molecule has 64 heavy (non-hydrogen) atoms. The maximum Gasteiger partial charge on any atom is 0.314 e. The predicted molar refractivity (Wildman–Crippen MR) is 208 cm³/mol. The SMILES string of the molecule is C=C1C[C@@]23CC[C@H]4[C@@H](CCC[C@@]4(C)C(=O)O[C@@H]4O[C@H](CO)[C@@H](O)[C@H](O)[C@H]4O)[C@@H]2CC[C@]1(O[C@@H]1O[C@H](CO)[C@@H](O)[C@H](O[C@@H]2O[C@H](CO)[C@@H](O)[C@H](O)[C@H]2O)[C@H]1O[C@@H]1OC[C@@H](O)[C@H](O)[C@H]1O)C3. The van der Waals surface area contributed by atoms with E-state index >= 15 is 0 Å². The standard InChI is InChI=1S/C42H66O22/c1-16-10-41-8-5-18-17(4-3-7-40(18,2)39(56)63-37-32(55)29(52)26(49)22(12-44)59-37)19(41)6-9-42(16,15-41)64-38-34(62-35-30(53)24(47)20(46)14-57-35)33(27(50)23(13-45)60-38)61-36-31(54)28(51)25(48)21(11-43)58-36/h17-38,43-55H,1,3-15H2,2H3/t17-,18+,19+,20-,21-,22-,23-,24+,25-,26-,27-,28+,29+,30-,31-,32-,33+,34-,35+,36+,37+,38+,40-,41-,42+/m1/s1. The Balaban J connectivity index is 1.04. The van der Waals surface area contributed by atoms with Crippen LogP contribution >= 0.6 is 0 Å². The van der Waals surface area contributed by atoms with Crippen LogP contribution in [0.1, 0.15) is 64.7 Å². The quantitative estimate of drug-likeness (QED) is 0.0525. The summed E-state index contributed by atoms with van der Waals surface area (Å²) in [5.74, 6) is -0.562. The van der Waals surface area contributed by atoms with Crippen LogP contribution in [0, 0.1) is 28.6 Å². The molecular formula is C42H66O22. The molecule has 2 bridgehead atoms. The van der Waals surface area contributed by atoms with Gasteiger partial charge in [0.15, 0.2) is 18.9 Å². The number of aliphatic hydroxyl groups is 13. The highest BCUT2D eigenvalue weighted by Crippen LogP contribution is 2.70. The molecule has 13 N–H and O–H groups in total. The molecule has 8 aliphatic rings. The van der Waals surface area contributed by atoms with Gasteiger partial charge in [0, 0.05) is 0 Å². The van der Waals surface area contributed by atoms with E-state index in [4.69, 9.17) is 37.9 Å². The lowest BCUT2D eigenvalue weighted by atomic mass is 9.46. The van der Waals surface area contributed by atoms with E-state index < -0.39 is 160 Å². The molecule has 366 valence electrons. The summed E-state index contributed by atoms with van der Waals surface area (Å²) in [6.45, 7) is 3.65. The third-order valence-corrected chi connectivity index (χ3v) is 16.1. The molecule has 22 heteroatoms. The zero-order valence-electron chi connectivity index (χ0n) is 35.6. The summed E-state index contributed by atoms with van der Waals surface area (Å²) < 4.78 is 47.9. The zero-order chi connectivity index (χ0) is 46.2. The van der Waals surface area contributed by atoms with Crippen molar-refractivity contribution < 1.29 is 109 Å². The number of rotatable bonds is 11. The summed E-state index contributed by atoms with van der Waals surface area (Å²) in [5.41, 5.74) is -1.67. The van der Waals surface area contributed by atoms with Crippen LogP contribution in [-0.4, -0.2) is 221 Å². The fourth-order valence-electron chi connectivity index (χ4n) is 12.5. The van der Waals surface area contributed by atoms with Crippen molar-refractivity contribution in [1.82, 2.24) is 0 Å². The van der Waals surface area contributed by atoms with Crippen LogP contribution in [0.4, 0.5) is 0 Å². The predicted octanol–water partition coefficient (Wildman–Crippen LogP) is -4.86. The monoisotopic (exact) mass is 922 g/mol. The third-order valence-electron chi connectivity index (χ3n) is 16.1. The van der Waals surface area contributed by atoms with E-state index in [0.717, 1.165) is 12.0 Å². The first-order valence-corrected chi connectivity index (χ1v) is 22.4. The maximum absolute atomic E-state index is 14.1. The molecule has 0 amide bonds. The maximum atomic E-state index is 14.1. The Morgan fingerprint density at radius 1 is 0.641 bits per heavy atom. The molecule has 0 aromatic heterocycles. The van der Waals surface area contributed by atoms with Crippen LogP contribution < -0.4 is 0 Å². The van der Waals surface area contributed by atoms with Gasteiger partial charge >= 0.3 is 5.97 Å². The topological polar surface area (TPSA) is 354 Å². The summed E-state index contributed by atoms with van der Waals surface area (Å²) in [4.78, 5) is 14.1. The van der Waals surface area contributed by atoms with E-state index in [2.05, 4.69) is 6.58 Å². The van der Waals surface area contributed by atoms with Crippen molar-refractivity contribution in [3.63, 3.8) is 0 Å². The summed E-state index contributed by atoms with van der Waals surface area (Å²) in [7, 11) is 0. The second kappa shape index (κ2) is 18.7. The molecule has 4 saturated carbocycles. The molecule has 4 aliphatic carbocycles. The number of hydrogen-bond acceptors (Lipinski definition) is 22. The molecule has 0 aromatic carbocycles. The van der Waals surface area contributed by atoms with Gasteiger partial charge in [-0.15, -0.1) is 0 Å².